The molecule has 4 heteroatoms. The second kappa shape index (κ2) is 10.4. The average molecular weight is 615 g/mol. The SMILES string of the molecule is CCC(C=CC(C)C1CCC2C3CC(Br)C4(Br)CC(OC(C)=O)CCC4(C)C3CCC12C)C(C)C. The molecule has 4 saturated carbocycles. The molecule has 4 aliphatic rings. The molecular formula is C31H50Br2O2. The van der Waals surface area contributed by atoms with Gasteiger partial charge in [0.15, 0.2) is 0 Å². The predicted octanol–water partition coefficient (Wildman–Crippen LogP) is 9.34. The summed E-state index contributed by atoms with van der Waals surface area (Å²) in [6.45, 7) is 16.3. The molecule has 0 bridgehead atoms. The van der Waals surface area contributed by atoms with Crippen molar-refractivity contribution >= 4 is 37.8 Å². The van der Waals surface area contributed by atoms with Crippen LogP contribution in [0.4, 0.5) is 0 Å². The highest BCUT2D eigenvalue weighted by Crippen LogP contribution is 2.71. The molecule has 11 atom stereocenters. The fraction of sp³-hybridized carbons (Fsp3) is 0.903. The topological polar surface area (TPSA) is 26.3 Å². The number of carbonyl (C=O) groups is 1. The van der Waals surface area contributed by atoms with Gasteiger partial charge < -0.3 is 4.74 Å². The number of alkyl halides is 2. The van der Waals surface area contributed by atoms with Crippen molar-refractivity contribution in [1.82, 2.24) is 0 Å². The molecule has 0 aromatic carbocycles. The number of carbonyl (C=O) groups excluding carboxylic acids is 1. The molecular weight excluding hydrogens is 564 g/mol. The number of allylic oxidation sites excluding steroid dienone is 2. The fourth-order valence-corrected chi connectivity index (χ4v) is 11.9. The second-order valence-electron chi connectivity index (χ2n) is 13.6. The van der Waals surface area contributed by atoms with E-state index in [4.69, 9.17) is 4.74 Å². The molecule has 200 valence electrons. The highest BCUT2D eigenvalue weighted by atomic mass is 79.9. The largest absolute Gasteiger partial charge is 0.463 e. The molecule has 4 rings (SSSR count). The molecule has 0 heterocycles. The van der Waals surface area contributed by atoms with E-state index in [2.05, 4.69) is 85.6 Å². The Hall–Kier alpha value is 0.170. The molecule has 0 radical (unpaired) electrons. The quantitative estimate of drug-likeness (QED) is 0.169. The number of fused-ring (bicyclic) bond motifs is 5. The summed E-state index contributed by atoms with van der Waals surface area (Å²) in [5, 5.41) is 0. The second-order valence-corrected chi connectivity index (χ2v) is 16.1. The monoisotopic (exact) mass is 612 g/mol. The van der Waals surface area contributed by atoms with Crippen molar-refractivity contribution in [3.63, 3.8) is 0 Å². The van der Waals surface area contributed by atoms with E-state index in [1.165, 1.54) is 38.5 Å². The summed E-state index contributed by atoms with van der Waals surface area (Å²) < 4.78 is 5.73. The van der Waals surface area contributed by atoms with Crippen molar-refractivity contribution in [1.29, 1.82) is 0 Å². The number of esters is 1. The zero-order valence-corrected chi connectivity index (χ0v) is 26.5. The minimum absolute atomic E-state index is 0.00726. The van der Waals surface area contributed by atoms with Gasteiger partial charge >= 0.3 is 5.97 Å². The molecule has 11 unspecified atom stereocenters. The summed E-state index contributed by atoms with van der Waals surface area (Å²) in [7, 11) is 0. The van der Waals surface area contributed by atoms with Gasteiger partial charge in [-0.25, -0.2) is 0 Å². The normalized spacial score (nSPS) is 47.1. The summed E-state index contributed by atoms with van der Waals surface area (Å²) in [6.07, 6.45) is 16.3. The minimum Gasteiger partial charge on any atom is -0.463 e. The van der Waals surface area contributed by atoms with Crippen LogP contribution < -0.4 is 0 Å². The molecule has 0 aromatic heterocycles. The molecule has 4 aliphatic carbocycles. The van der Waals surface area contributed by atoms with Crippen molar-refractivity contribution in [2.24, 2.45) is 52.3 Å². The van der Waals surface area contributed by atoms with Crippen molar-refractivity contribution in [2.45, 2.75) is 122 Å². The Morgan fingerprint density at radius 1 is 1.06 bits per heavy atom. The lowest BCUT2D eigenvalue weighted by molar-refractivity contribution is -0.155. The van der Waals surface area contributed by atoms with Crippen molar-refractivity contribution < 1.29 is 9.53 Å². The lowest BCUT2D eigenvalue weighted by atomic mass is 9.44. The van der Waals surface area contributed by atoms with Gasteiger partial charge in [-0.1, -0.05) is 85.6 Å². The van der Waals surface area contributed by atoms with E-state index >= 15 is 0 Å². The van der Waals surface area contributed by atoms with Gasteiger partial charge in [0.05, 0.1) is 0 Å². The maximum absolute atomic E-state index is 11.7. The lowest BCUT2D eigenvalue weighted by Gasteiger charge is -2.66. The Bertz CT molecular complexity index is 810. The van der Waals surface area contributed by atoms with Crippen LogP contribution in [0.2, 0.25) is 0 Å². The Labute approximate surface area is 232 Å². The van der Waals surface area contributed by atoms with Crippen LogP contribution >= 0.6 is 31.9 Å². The van der Waals surface area contributed by atoms with Gasteiger partial charge in [0.25, 0.3) is 0 Å². The van der Waals surface area contributed by atoms with Crippen LogP contribution in [0.5, 0.6) is 0 Å². The summed E-state index contributed by atoms with van der Waals surface area (Å²) >= 11 is 8.51. The molecule has 0 saturated heterocycles. The van der Waals surface area contributed by atoms with Crippen LogP contribution in [0, 0.1) is 52.3 Å². The van der Waals surface area contributed by atoms with Crippen molar-refractivity contribution in [3.05, 3.63) is 12.2 Å². The van der Waals surface area contributed by atoms with E-state index in [-0.39, 0.29) is 21.8 Å². The Morgan fingerprint density at radius 2 is 1.77 bits per heavy atom. The lowest BCUT2D eigenvalue weighted by Crippen LogP contribution is -2.64. The molecule has 0 aromatic rings. The Balaban J connectivity index is 1.54. The molecule has 2 nitrogen and oxygen atoms in total. The van der Waals surface area contributed by atoms with Gasteiger partial charge in [-0.15, -0.1) is 0 Å². The highest BCUT2D eigenvalue weighted by molar-refractivity contribution is 9.12. The molecule has 4 fully saturated rings. The fourth-order valence-electron chi connectivity index (χ4n) is 9.67. The predicted molar refractivity (Wildman–Crippen MR) is 154 cm³/mol. The zero-order chi connectivity index (χ0) is 25.8. The van der Waals surface area contributed by atoms with Crippen molar-refractivity contribution in [3.8, 4) is 0 Å². The van der Waals surface area contributed by atoms with E-state index in [0.717, 1.165) is 48.9 Å². The van der Waals surface area contributed by atoms with Gasteiger partial charge in [0, 0.05) is 22.5 Å². The third kappa shape index (κ3) is 4.76. The van der Waals surface area contributed by atoms with Crippen LogP contribution in [0.1, 0.15) is 106 Å². The van der Waals surface area contributed by atoms with Crippen LogP contribution in [-0.2, 0) is 9.53 Å². The van der Waals surface area contributed by atoms with E-state index in [0.29, 0.717) is 22.1 Å². The average Bonchev–Trinajstić information content (AvgIpc) is 3.13. The highest BCUT2D eigenvalue weighted by Gasteiger charge is 2.67. The van der Waals surface area contributed by atoms with Crippen LogP contribution in [-0.4, -0.2) is 21.2 Å². The third-order valence-electron chi connectivity index (χ3n) is 11.7. The number of hydrogen-bond acceptors (Lipinski definition) is 2. The number of hydrogen-bond donors (Lipinski definition) is 0. The van der Waals surface area contributed by atoms with Gasteiger partial charge in [-0.2, -0.15) is 0 Å². The maximum Gasteiger partial charge on any atom is 0.302 e. The summed E-state index contributed by atoms with van der Waals surface area (Å²) in [6, 6.07) is 0. The van der Waals surface area contributed by atoms with Gasteiger partial charge in [0.2, 0.25) is 0 Å². The zero-order valence-electron chi connectivity index (χ0n) is 23.3. The summed E-state index contributed by atoms with van der Waals surface area (Å²) in [5.74, 6) is 5.19. The van der Waals surface area contributed by atoms with Crippen LogP contribution in [0.25, 0.3) is 0 Å². The van der Waals surface area contributed by atoms with Crippen LogP contribution in [0.3, 0.4) is 0 Å². The number of ether oxygens (including phenoxy) is 1. The first kappa shape index (κ1) is 28.2. The van der Waals surface area contributed by atoms with E-state index in [9.17, 15) is 4.79 Å². The van der Waals surface area contributed by atoms with E-state index < -0.39 is 0 Å². The van der Waals surface area contributed by atoms with Gasteiger partial charge in [-0.3, -0.25) is 4.79 Å². The molecule has 0 aliphatic heterocycles. The molecule has 0 N–H and O–H groups in total. The first-order chi connectivity index (χ1) is 16.4. The van der Waals surface area contributed by atoms with E-state index in [1.54, 1.807) is 6.92 Å². The smallest absolute Gasteiger partial charge is 0.302 e. The standard InChI is InChI=1S/C31H50Br2O2/c1-8-22(19(2)3)10-9-20(4)25-11-12-26-24-17-28(32)31(33)18-23(35-21(5)34)13-16-30(31,7)27(24)14-15-29(25,26)6/h9-10,19-20,22-28H,8,11-18H2,1-7H3. The first-order valence-electron chi connectivity index (χ1n) is 14.6. The maximum atomic E-state index is 11.7. The minimum atomic E-state index is -0.137. The van der Waals surface area contributed by atoms with Gasteiger partial charge in [0.1, 0.15) is 6.10 Å². The summed E-state index contributed by atoms with van der Waals surface area (Å²) in [4.78, 5) is 12.1. The Morgan fingerprint density at radius 3 is 2.40 bits per heavy atom. The van der Waals surface area contributed by atoms with E-state index in [1.807, 2.05) is 0 Å². The number of rotatable bonds is 6. The van der Waals surface area contributed by atoms with Crippen LogP contribution in [0.15, 0.2) is 12.2 Å². The number of halogens is 2. The molecule has 35 heavy (non-hydrogen) atoms. The third-order valence-corrected chi connectivity index (χ3v) is 15.3. The summed E-state index contributed by atoms with van der Waals surface area (Å²) in [5.41, 5.74) is 0.714. The van der Waals surface area contributed by atoms with Gasteiger partial charge in [-0.05, 0) is 104 Å². The molecule has 0 spiro atoms. The van der Waals surface area contributed by atoms with Crippen molar-refractivity contribution in [2.75, 3.05) is 0 Å². The molecule has 0 amide bonds. The Kier molecular flexibility index (Phi) is 8.36. The first-order valence-corrected chi connectivity index (χ1v) is 16.3.